The highest BCUT2D eigenvalue weighted by molar-refractivity contribution is 8.18. The summed E-state index contributed by atoms with van der Waals surface area (Å²) in [6, 6.07) is 2.20. The van der Waals surface area contributed by atoms with Gasteiger partial charge in [-0.2, -0.15) is 26.3 Å². The molecule has 1 aromatic rings. The number of alkyl halides is 6. The third-order valence-corrected chi connectivity index (χ3v) is 3.43. The Kier molecular flexibility index (Phi) is 4.65. The number of furan rings is 1. The number of carbonyl (C=O) groups excluding carboxylic acids is 1. The van der Waals surface area contributed by atoms with Gasteiger partial charge in [0.1, 0.15) is 4.58 Å². The van der Waals surface area contributed by atoms with Crippen molar-refractivity contribution in [1.82, 2.24) is 0 Å². The van der Waals surface area contributed by atoms with Crippen LogP contribution in [0.15, 0.2) is 22.8 Å². The summed E-state index contributed by atoms with van der Waals surface area (Å²) in [5, 5.41) is 0. The molecule has 18 heavy (non-hydrogen) atoms. The van der Waals surface area contributed by atoms with Crippen LogP contribution in [0, 0.1) is 0 Å². The molecule has 0 aromatic carbocycles. The zero-order valence-corrected chi connectivity index (χ0v) is 9.84. The molecule has 0 unspecified atom stereocenters. The second kappa shape index (κ2) is 5.47. The second-order valence-electron chi connectivity index (χ2n) is 2.80. The maximum atomic E-state index is 12.1. The number of rotatable bonds is 4. The SMILES string of the molecule is O=C(c1ccco1)C(SC(F)(F)F)SC(F)(F)F. The van der Waals surface area contributed by atoms with E-state index in [0.717, 1.165) is 12.3 Å². The van der Waals surface area contributed by atoms with Crippen LogP contribution >= 0.6 is 23.5 Å². The van der Waals surface area contributed by atoms with Gasteiger partial charge in [0.2, 0.25) is 5.78 Å². The van der Waals surface area contributed by atoms with E-state index in [-0.39, 0.29) is 0 Å². The Morgan fingerprint density at radius 2 is 1.61 bits per heavy atom. The Hall–Kier alpha value is -0.770. The summed E-state index contributed by atoms with van der Waals surface area (Å²) in [6.45, 7) is 0. The molecule has 0 aliphatic carbocycles. The lowest BCUT2D eigenvalue weighted by atomic mass is 10.3. The number of hydrogen-bond donors (Lipinski definition) is 0. The average molecular weight is 310 g/mol. The van der Waals surface area contributed by atoms with Crippen LogP contribution < -0.4 is 0 Å². The molecule has 0 radical (unpaired) electrons. The quantitative estimate of drug-likeness (QED) is 0.471. The number of thioether (sulfide) groups is 2. The highest BCUT2D eigenvalue weighted by Crippen LogP contribution is 2.46. The zero-order valence-electron chi connectivity index (χ0n) is 8.21. The van der Waals surface area contributed by atoms with Crippen molar-refractivity contribution in [3.63, 3.8) is 0 Å². The molecule has 0 aliphatic rings. The number of ketones is 1. The van der Waals surface area contributed by atoms with Crippen molar-refractivity contribution in [3.8, 4) is 0 Å². The minimum absolute atomic E-state index is 0.548. The van der Waals surface area contributed by atoms with Crippen LogP contribution in [0.5, 0.6) is 0 Å². The van der Waals surface area contributed by atoms with Crippen LogP contribution in [-0.4, -0.2) is 21.4 Å². The largest absolute Gasteiger partial charge is 0.461 e. The fraction of sp³-hybridized carbons (Fsp3) is 0.375. The van der Waals surface area contributed by atoms with E-state index in [1.807, 2.05) is 0 Å². The zero-order chi connectivity index (χ0) is 14.0. The summed E-state index contributed by atoms with van der Waals surface area (Å²) >= 11 is -2.06. The van der Waals surface area contributed by atoms with E-state index in [1.54, 1.807) is 0 Å². The molecular weight excluding hydrogens is 306 g/mol. The first kappa shape index (κ1) is 15.3. The van der Waals surface area contributed by atoms with Gasteiger partial charge in [-0.3, -0.25) is 4.79 Å². The Labute approximate surface area is 105 Å². The number of carbonyl (C=O) groups is 1. The standard InChI is InChI=1S/C8H4F6O2S2/c9-7(10,11)17-6(18-8(12,13)14)5(15)4-2-1-3-16-4/h1-3,6H. The molecule has 1 rings (SSSR count). The smallest absolute Gasteiger partial charge is 0.443 e. The van der Waals surface area contributed by atoms with E-state index in [0.29, 0.717) is 0 Å². The van der Waals surface area contributed by atoms with E-state index >= 15 is 0 Å². The highest BCUT2D eigenvalue weighted by Gasteiger charge is 2.44. The molecule has 102 valence electrons. The average Bonchev–Trinajstić information content (AvgIpc) is 2.63. The van der Waals surface area contributed by atoms with E-state index in [4.69, 9.17) is 0 Å². The van der Waals surface area contributed by atoms with Gasteiger partial charge in [-0.15, -0.1) is 0 Å². The van der Waals surface area contributed by atoms with E-state index in [9.17, 15) is 31.1 Å². The van der Waals surface area contributed by atoms with Crippen molar-refractivity contribution in [1.29, 1.82) is 0 Å². The van der Waals surface area contributed by atoms with Gasteiger partial charge in [0.05, 0.1) is 6.26 Å². The lowest BCUT2D eigenvalue weighted by Crippen LogP contribution is -2.22. The van der Waals surface area contributed by atoms with E-state index < -0.39 is 50.7 Å². The third-order valence-electron chi connectivity index (χ3n) is 1.46. The van der Waals surface area contributed by atoms with Crippen LogP contribution in [-0.2, 0) is 0 Å². The first-order valence-corrected chi connectivity index (χ1v) is 5.91. The molecule has 0 amide bonds. The minimum atomic E-state index is -4.95. The van der Waals surface area contributed by atoms with Crippen LogP contribution in [0.4, 0.5) is 26.3 Å². The minimum Gasteiger partial charge on any atom is -0.461 e. The van der Waals surface area contributed by atoms with Gasteiger partial charge in [0.15, 0.2) is 5.76 Å². The number of Topliss-reactive ketones (excluding diaryl/α,β-unsaturated/α-hetero) is 1. The van der Waals surface area contributed by atoms with Gasteiger partial charge in [0, 0.05) is 0 Å². The normalized spacial score (nSPS) is 13.1. The van der Waals surface area contributed by atoms with Gasteiger partial charge in [-0.25, -0.2) is 0 Å². The lowest BCUT2D eigenvalue weighted by Gasteiger charge is -2.16. The van der Waals surface area contributed by atoms with Gasteiger partial charge < -0.3 is 4.42 Å². The molecule has 0 spiro atoms. The maximum absolute atomic E-state index is 12.1. The Bertz CT molecular complexity index is 381. The fourth-order valence-electron chi connectivity index (χ4n) is 0.909. The first-order chi connectivity index (χ1) is 8.08. The van der Waals surface area contributed by atoms with Crippen LogP contribution in [0.2, 0.25) is 0 Å². The maximum Gasteiger partial charge on any atom is 0.443 e. The molecule has 0 saturated heterocycles. The van der Waals surface area contributed by atoms with Crippen molar-refractivity contribution in [3.05, 3.63) is 24.2 Å². The fourth-order valence-corrected chi connectivity index (χ4v) is 2.69. The Balaban J connectivity index is 2.87. The van der Waals surface area contributed by atoms with Crippen molar-refractivity contribution in [2.45, 2.75) is 15.6 Å². The van der Waals surface area contributed by atoms with Crippen LogP contribution in [0.25, 0.3) is 0 Å². The molecule has 2 nitrogen and oxygen atoms in total. The summed E-state index contributed by atoms with van der Waals surface area (Å²) in [5.74, 6) is -1.92. The Morgan fingerprint density at radius 3 is 1.94 bits per heavy atom. The van der Waals surface area contributed by atoms with Gasteiger partial charge in [-0.1, -0.05) is 0 Å². The molecule has 1 heterocycles. The first-order valence-electron chi connectivity index (χ1n) is 4.15. The topological polar surface area (TPSA) is 30.2 Å². The Morgan fingerprint density at radius 1 is 1.11 bits per heavy atom. The van der Waals surface area contributed by atoms with Crippen LogP contribution in [0.3, 0.4) is 0 Å². The number of hydrogen-bond acceptors (Lipinski definition) is 4. The molecule has 0 N–H and O–H groups in total. The van der Waals surface area contributed by atoms with Crippen LogP contribution in [0.1, 0.15) is 10.6 Å². The predicted octanol–water partition coefficient (Wildman–Crippen LogP) is 4.29. The number of halogens is 6. The van der Waals surface area contributed by atoms with Gasteiger partial charge >= 0.3 is 11.0 Å². The molecule has 0 bridgehead atoms. The molecule has 0 aliphatic heterocycles. The third kappa shape index (κ3) is 5.25. The predicted molar refractivity (Wildman–Crippen MR) is 54.1 cm³/mol. The highest BCUT2D eigenvalue weighted by atomic mass is 32.2. The summed E-state index contributed by atoms with van der Waals surface area (Å²) < 4.78 is 74.6. The molecule has 0 atom stereocenters. The van der Waals surface area contributed by atoms with Crippen molar-refractivity contribution in [2.75, 3.05) is 0 Å². The van der Waals surface area contributed by atoms with E-state index in [1.165, 1.54) is 6.07 Å². The van der Waals surface area contributed by atoms with E-state index in [2.05, 4.69) is 4.42 Å². The molecular formula is C8H4F6O2S2. The van der Waals surface area contributed by atoms with Gasteiger partial charge in [-0.05, 0) is 35.7 Å². The summed E-state index contributed by atoms with van der Waals surface area (Å²) in [4.78, 5) is 11.4. The summed E-state index contributed by atoms with van der Waals surface area (Å²) in [6.07, 6.45) is 0.987. The summed E-state index contributed by atoms with van der Waals surface area (Å²) in [7, 11) is 0. The molecule has 0 fully saturated rings. The molecule has 0 saturated carbocycles. The van der Waals surface area contributed by atoms with Crippen molar-refractivity contribution >= 4 is 29.3 Å². The van der Waals surface area contributed by atoms with Crippen molar-refractivity contribution < 1.29 is 35.6 Å². The second-order valence-corrected chi connectivity index (χ2v) is 5.44. The summed E-state index contributed by atoms with van der Waals surface area (Å²) in [5.41, 5.74) is -9.91. The molecule has 1 aromatic heterocycles. The van der Waals surface area contributed by atoms with Gasteiger partial charge in [0.25, 0.3) is 0 Å². The monoisotopic (exact) mass is 310 g/mol. The lowest BCUT2D eigenvalue weighted by molar-refractivity contribution is -0.0344. The molecule has 10 heteroatoms. The van der Waals surface area contributed by atoms with Crippen molar-refractivity contribution in [2.24, 2.45) is 0 Å².